The maximum Gasteiger partial charge on any atom is 0.325 e. The average Bonchev–Trinajstić information content (AvgIpc) is 3.27. The average molecular weight is 561 g/mol. The SMILES string of the molecule is C=C[C@]1(C)C[C@@H](OC(=O)CNc2c(N(C)CCSC)c(=O)c2=O)[C@]2(C)[C@H](C)CC[C@]3(CCC(=O)[C@H]32)[C@@H](C)[C@@H]1O. The van der Waals surface area contributed by atoms with Gasteiger partial charge < -0.3 is 20.1 Å². The van der Waals surface area contributed by atoms with Crippen LogP contribution in [0.5, 0.6) is 0 Å². The van der Waals surface area contributed by atoms with Gasteiger partial charge in [0.25, 0.3) is 10.9 Å². The molecule has 3 aliphatic rings. The summed E-state index contributed by atoms with van der Waals surface area (Å²) in [6.45, 7) is 12.6. The number of aliphatic hydroxyl groups excluding tert-OH is 1. The second-order valence-corrected chi connectivity index (χ2v) is 13.7. The number of aliphatic hydroxyl groups is 1. The molecule has 0 spiro atoms. The zero-order valence-corrected chi connectivity index (χ0v) is 25.0. The van der Waals surface area contributed by atoms with Gasteiger partial charge in [-0.2, -0.15) is 11.8 Å². The summed E-state index contributed by atoms with van der Waals surface area (Å²) in [5.41, 5.74) is -2.43. The first kappa shape index (κ1) is 29.8. The van der Waals surface area contributed by atoms with Crippen molar-refractivity contribution in [3.63, 3.8) is 0 Å². The number of thioether (sulfide) groups is 1. The van der Waals surface area contributed by atoms with Gasteiger partial charge in [0, 0.05) is 42.5 Å². The number of hydrogen-bond donors (Lipinski definition) is 2. The lowest BCUT2D eigenvalue weighted by Gasteiger charge is -2.61. The standard InChI is InChI=1S/C30H44N2O6S/c1-8-28(4)15-20(38-21(34)16-31-22-23(25(36)24(22)35)32(6)13-14-39-7)29(5)17(2)9-11-30(18(3)27(28)37)12-10-19(33)26(29)30/h8,17-18,20,26-27,31,37H,1,9-16H2,2-7H3/t17-,18+,20-,26+,27+,28-,29+,30+/m1/s1. The normalized spacial score (nSPS) is 38.0. The predicted molar refractivity (Wildman–Crippen MR) is 156 cm³/mol. The number of hydrogen-bond acceptors (Lipinski definition) is 9. The highest BCUT2D eigenvalue weighted by molar-refractivity contribution is 7.98. The fourth-order valence-corrected chi connectivity index (χ4v) is 8.57. The van der Waals surface area contributed by atoms with E-state index in [1.165, 1.54) is 0 Å². The molecule has 3 fully saturated rings. The molecule has 9 heteroatoms. The van der Waals surface area contributed by atoms with Crippen LogP contribution in [0.1, 0.15) is 59.8 Å². The number of Topliss-reactive ketones (excluding diaryl/α,β-unsaturated/α-hetero) is 1. The fraction of sp³-hybridized carbons (Fsp3) is 0.733. The molecule has 39 heavy (non-hydrogen) atoms. The lowest BCUT2D eigenvalue weighted by molar-refractivity contribution is -0.205. The molecular weight excluding hydrogens is 516 g/mol. The first-order valence-electron chi connectivity index (χ1n) is 14.1. The molecule has 0 heterocycles. The third kappa shape index (κ3) is 4.57. The van der Waals surface area contributed by atoms with Crippen molar-refractivity contribution in [1.82, 2.24) is 0 Å². The molecule has 4 rings (SSSR count). The van der Waals surface area contributed by atoms with Crippen LogP contribution in [0.2, 0.25) is 0 Å². The highest BCUT2D eigenvalue weighted by Crippen LogP contribution is 2.68. The van der Waals surface area contributed by atoms with Gasteiger partial charge in [0.15, 0.2) is 0 Å². The van der Waals surface area contributed by atoms with Crippen LogP contribution in [0.3, 0.4) is 0 Å². The molecule has 0 aliphatic heterocycles. The van der Waals surface area contributed by atoms with E-state index in [1.54, 1.807) is 29.8 Å². The second-order valence-electron chi connectivity index (χ2n) is 12.7. The minimum absolute atomic E-state index is 0.0993. The van der Waals surface area contributed by atoms with Crippen molar-refractivity contribution in [3.8, 4) is 0 Å². The van der Waals surface area contributed by atoms with Crippen molar-refractivity contribution in [2.45, 2.75) is 72.0 Å². The smallest absolute Gasteiger partial charge is 0.325 e. The van der Waals surface area contributed by atoms with Gasteiger partial charge in [-0.25, -0.2) is 0 Å². The molecule has 0 saturated heterocycles. The van der Waals surface area contributed by atoms with Crippen LogP contribution < -0.4 is 21.1 Å². The van der Waals surface area contributed by atoms with Crippen LogP contribution in [0.15, 0.2) is 22.2 Å². The first-order chi connectivity index (χ1) is 18.3. The number of carbonyl (C=O) groups is 2. The topological polar surface area (TPSA) is 113 Å². The lowest BCUT2D eigenvalue weighted by Crippen LogP contribution is -2.63. The van der Waals surface area contributed by atoms with Gasteiger partial charge in [-0.05, 0) is 49.2 Å². The molecule has 1 aromatic rings. The minimum atomic E-state index is -0.733. The summed E-state index contributed by atoms with van der Waals surface area (Å²) in [6, 6.07) is 0. The van der Waals surface area contributed by atoms with E-state index < -0.39 is 39.9 Å². The van der Waals surface area contributed by atoms with E-state index in [4.69, 9.17) is 4.74 Å². The van der Waals surface area contributed by atoms with Gasteiger partial charge in [0.2, 0.25) is 0 Å². The Morgan fingerprint density at radius 1 is 1.23 bits per heavy atom. The molecule has 8 atom stereocenters. The number of nitrogens with zero attached hydrogens (tertiary/aromatic N) is 1. The van der Waals surface area contributed by atoms with E-state index in [-0.39, 0.29) is 41.2 Å². The third-order valence-electron chi connectivity index (χ3n) is 10.9. The molecule has 8 nitrogen and oxygen atoms in total. The molecule has 3 aliphatic carbocycles. The maximum atomic E-state index is 13.5. The van der Waals surface area contributed by atoms with Gasteiger partial charge in [-0.15, -0.1) is 6.58 Å². The van der Waals surface area contributed by atoms with Crippen molar-refractivity contribution in [2.24, 2.45) is 34.0 Å². The minimum Gasteiger partial charge on any atom is -0.460 e. The number of carbonyl (C=O) groups excluding carboxylic acids is 2. The Hall–Kier alpha value is -2.13. The summed E-state index contributed by atoms with van der Waals surface area (Å²) in [4.78, 5) is 53.1. The molecule has 0 aromatic heterocycles. The predicted octanol–water partition coefficient (Wildman–Crippen LogP) is 3.40. The summed E-state index contributed by atoms with van der Waals surface area (Å²) < 4.78 is 6.21. The lowest BCUT2D eigenvalue weighted by atomic mass is 9.44. The van der Waals surface area contributed by atoms with Crippen molar-refractivity contribution >= 4 is 34.9 Å². The maximum absolute atomic E-state index is 13.5. The van der Waals surface area contributed by atoms with Crippen molar-refractivity contribution in [2.75, 3.05) is 42.4 Å². The highest BCUT2D eigenvalue weighted by atomic mass is 32.2. The van der Waals surface area contributed by atoms with E-state index in [9.17, 15) is 24.3 Å². The molecule has 0 amide bonds. The molecule has 3 saturated carbocycles. The number of ketones is 1. The molecule has 216 valence electrons. The van der Waals surface area contributed by atoms with E-state index in [2.05, 4.69) is 32.7 Å². The number of rotatable bonds is 9. The summed E-state index contributed by atoms with van der Waals surface area (Å²) in [5.74, 6) is 0.163. The van der Waals surface area contributed by atoms with Crippen LogP contribution in [-0.2, 0) is 14.3 Å². The number of esters is 1. The largest absolute Gasteiger partial charge is 0.460 e. The Bertz CT molecular complexity index is 1210. The van der Waals surface area contributed by atoms with Crippen LogP contribution in [-0.4, -0.2) is 61.2 Å². The van der Waals surface area contributed by atoms with Crippen LogP contribution in [0.25, 0.3) is 0 Å². The zero-order chi connectivity index (χ0) is 28.9. The summed E-state index contributed by atoms with van der Waals surface area (Å²) in [7, 11) is 1.75. The number of ether oxygens (including phenoxy) is 1. The monoisotopic (exact) mass is 560 g/mol. The van der Waals surface area contributed by atoms with Crippen molar-refractivity contribution in [1.29, 1.82) is 0 Å². The number of nitrogens with one attached hydrogen (secondary N) is 1. The molecule has 2 bridgehead atoms. The van der Waals surface area contributed by atoms with Gasteiger partial charge in [0.05, 0.1) is 6.10 Å². The second kappa shape index (κ2) is 10.7. The molecule has 1 aromatic carbocycles. The zero-order valence-electron chi connectivity index (χ0n) is 24.2. The molecule has 2 N–H and O–H groups in total. The van der Waals surface area contributed by atoms with Crippen LogP contribution in [0, 0.1) is 34.0 Å². The number of anilines is 2. The van der Waals surface area contributed by atoms with Gasteiger partial charge >= 0.3 is 5.97 Å². The fourth-order valence-electron chi connectivity index (χ4n) is 8.11. The van der Waals surface area contributed by atoms with E-state index in [0.717, 1.165) is 25.0 Å². The highest BCUT2D eigenvalue weighted by Gasteiger charge is 2.68. The molecule has 0 unspecified atom stereocenters. The Labute approximate surface area is 235 Å². The van der Waals surface area contributed by atoms with Crippen molar-refractivity contribution < 1.29 is 19.4 Å². The van der Waals surface area contributed by atoms with Crippen LogP contribution >= 0.6 is 11.8 Å². The van der Waals surface area contributed by atoms with E-state index in [1.807, 2.05) is 13.2 Å². The summed E-state index contributed by atoms with van der Waals surface area (Å²) in [6.07, 6.45) is 5.70. The Balaban J connectivity index is 1.62. The summed E-state index contributed by atoms with van der Waals surface area (Å²) >= 11 is 1.64. The van der Waals surface area contributed by atoms with E-state index in [0.29, 0.717) is 25.1 Å². The van der Waals surface area contributed by atoms with Gasteiger partial charge in [-0.1, -0.05) is 33.8 Å². The Morgan fingerprint density at radius 2 is 1.92 bits per heavy atom. The first-order valence-corrected chi connectivity index (χ1v) is 15.5. The quantitative estimate of drug-likeness (QED) is 0.267. The van der Waals surface area contributed by atoms with Gasteiger partial charge in [0.1, 0.15) is 29.8 Å². The third-order valence-corrected chi connectivity index (χ3v) is 11.5. The molecular formula is C30H44N2O6S. The Morgan fingerprint density at radius 3 is 2.56 bits per heavy atom. The van der Waals surface area contributed by atoms with Crippen molar-refractivity contribution in [3.05, 3.63) is 33.1 Å². The molecule has 0 radical (unpaired) electrons. The Kier molecular flexibility index (Phi) is 8.18. The van der Waals surface area contributed by atoms with Crippen LogP contribution in [0.4, 0.5) is 11.4 Å². The summed E-state index contributed by atoms with van der Waals surface area (Å²) in [5, 5.41) is 14.5. The van der Waals surface area contributed by atoms with E-state index >= 15 is 0 Å². The van der Waals surface area contributed by atoms with Gasteiger partial charge in [-0.3, -0.25) is 19.2 Å².